The maximum absolute atomic E-state index is 2.34. The molecule has 0 N–H and O–H groups in total. The van der Waals surface area contributed by atoms with E-state index in [1.165, 1.54) is 11.1 Å². The molecule has 1 rings (SSSR count). The SMILES string of the molecule is CCN(C)CCc1cccc(C)c1. The molecule has 0 spiro atoms. The van der Waals surface area contributed by atoms with E-state index in [-0.39, 0.29) is 0 Å². The first kappa shape index (κ1) is 10.3. The highest BCUT2D eigenvalue weighted by atomic mass is 15.1. The maximum atomic E-state index is 2.34. The van der Waals surface area contributed by atoms with E-state index in [0.717, 1.165) is 19.5 Å². The van der Waals surface area contributed by atoms with Crippen molar-refractivity contribution in [3.8, 4) is 0 Å². The van der Waals surface area contributed by atoms with Crippen LogP contribution in [0.1, 0.15) is 18.1 Å². The molecule has 72 valence electrons. The third-order valence-electron chi connectivity index (χ3n) is 2.40. The lowest BCUT2D eigenvalue weighted by atomic mass is 10.1. The normalized spacial score (nSPS) is 10.8. The summed E-state index contributed by atoms with van der Waals surface area (Å²) in [5.41, 5.74) is 2.80. The van der Waals surface area contributed by atoms with Gasteiger partial charge >= 0.3 is 0 Å². The van der Waals surface area contributed by atoms with Crippen LogP contribution in [0.25, 0.3) is 0 Å². The van der Waals surface area contributed by atoms with Crippen LogP contribution in [0.15, 0.2) is 24.3 Å². The van der Waals surface area contributed by atoms with Crippen LogP contribution in [0.5, 0.6) is 0 Å². The van der Waals surface area contributed by atoms with Gasteiger partial charge in [0.2, 0.25) is 0 Å². The second-order valence-corrected chi connectivity index (χ2v) is 3.63. The molecule has 0 amide bonds. The molecule has 1 aromatic carbocycles. The molecule has 1 nitrogen and oxygen atoms in total. The summed E-state index contributed by atoms with van der Waals surface area (Å²) in [7, 11) is 2.16. The lowest BCUT2D eigenvalue weighted by Gasteiger charge is -2.13. The largest absolute Gasteiger partial charge is 0.306 e. The Balaban J connectivity index is 2.45. The van der Waals surface area contributed by atoms with Crippen LogP contribution in [0, 0.1) is 6.92 Å². The van der Waals surface area contributed by atoms with E-state index in [9.17, 15) is 0 Å². The maximum Gasteiger partial charge on any atom is 0.00187 e. The molecular weight excluding hydrogens is 158 g/mol. The zero-order valence-corrected chi connectivity index (χ0v) is 8.88. The van der Waals surface area contributed by atoms with Gasteiger partial charge in [-0.05, 0) is 32.5 Å². The summed E-state index contributed by atoms with van der Waals surface area (Å²) in [5, 5.41) is 0. The Morgan fingerprint density at radius 1 is 1.31 bits per heavy atom. The summed E-state index contributed by atoms with van der Waals surface area (Å²) in [5.74, 6) is 0. The summed E-state index contributed by atoms with van der Waals surface area (Å²) in [6.07, 6.45) is 1.16. The minimum atomic E-state index is 1.13. The van der Waals surface area contributed by atoms with Gasteiger partial charge < -0.3 is 4.90 Å². The smallest absolute Gasteiger partial charge is 0.00187 e. The summed E-state index contributed by atoms with van der Waals surface area (Å²) < 4.78 is 0. The third kappa shape index (κ3) is 3.60. The fourth-order valence-corrected chi connectivity index (χ4v) is 1.35. The molecule has 0 unspecified atom stereocenters. The van der Waals surface area contributed by atoms with Gasteiger partial charge in [-0.1, -0.05) is 36.8 Å². The number of benzene rings is 1. The van der Waals surface area contributed by atoms with Crippen molar-refractivity contribution in [2.24, 2.45) is 0 Å². The molecule has 1 aromatic rings. The Bertz CT molecular complexity index is 255. The summed E-state index contributed by atoms with van der Waals surface area (Å²) in [4.78, 5) is 2.34. The van der Waals surface area contributed by atoms with E-state index in [2.05, 4.69) is 50.1 Å². The zero-order valence-electron chi connectivity index (χ0n) is 8.88. The Labute approximate surface area is 81.4 Å². The van der Waals surface area contributed by atoms with Crippen LogP contribution in [-0.2, 0) is 6.42 Å². The van der Waals surface area contributed by atoms with Gasteiger partial charge in [0.05, 0.1) is 0 Å². The van der Waals surface area contributed by atoms with Crippen molar-refractivity contribution >= 4 is 0 Å². The third-order valence-corrected chi connectivity index (χ3v) is 2.40. The fourth-order valence-electron chi connectivity index (χ4n) is 1.35. The summed E-state index contributed by atoms with van der Waals surface area (Å²) in [6, 6.07) is 8.75. The number of hydrogen-bond donors (Lipinski definition) is 0. The monoisotopic (exact) mass is 177 g/mol. The molecular formula is C12H19N. The van der Waals surface area contributed by atoms with Crippen molar-refractivity contribution in [2.75, 3.05) is 20.1 Å². The van der Waals surface area contributed by atoms with Crippen molar-refractivity contribution in [1.82, 2.24) is 4.90 Å². The Hall–Kier alpha value is -0.820. The predicted octanol–water partition coefficient (Wildman–Crippen LogP) is 2.49. The number of likely N-dealkylation sites (N-methyl/N-ethyl adjacent to an activating group) is 1. The van der Waals surface area contributed by atoms with Crippen LogP contribution >= 0.6 is 0 Å². The second-order valence-electron chi connectivity index (χ2n) is 3.63. The minimum absolute atomic E-state index is 1.13. The lowest BCUT2D eigenvalue weighted by Crippen LogP contribution is -2.20. The lowest BCUT2D eigenvalue weighted by molar-refractivity contribution is 0.357. The van der Waals surface area contributed by atoms with Gasteiger partial charge in [0, 0.05) is 6.54 Å². The molecule has 0 aliphatic rings. The van der Waals surface area contributed by atoms with Crippen molar-refractivity contribution in [3.05, 3.63) is 35.4 Å². The van der Waals surface area contributed by atoms with Crippen LogP contribution in [0.2, 0.25) is 0 Å². The van der Waals surface area contributed by atoms with Gasteiger partial charge in [0.25, 0.3) is 0 Å². The number of rotatable bonds is 4. The molecule has 1 heteroatoms. The fraction of sp³-hybridized carbons (Fsp3) is 0.500. The molecule has 0 saturated carbocycles. The Morgan fingerprint density at radius 3 is 2.69 bits per heavy atom. The van der Waals surface area contributed by atoms with Gasteiger partial charge in [-0.3, -0.25) is 0 Å². The van der Waals surface area contributed by atoms with Gasteiger partial charge in [-0.2, -0.15) is 0 Å². The number of nitrogens with zero attached hydrogens (tertiary/aromatic N) is 1. The first-order chi connectivity index (χ1) is 6.22. The van der Waals surface area contributed by atoms with E-state index in [1.54, 1.807) is 0 Å². The van der Waals surface area contributed by atoms with E-state index < -0.39 is 0 Å². The predicted molar refractivity (Wildman–Crippen MR) is 58.1 cm³/mol. The topological polar surface area (TPSA) is 3.24 Å². The van der Waals surface area contributed by atoms with Gasteiger partial charge in [0.1, 0.15) is 0 Å². The molecule has 0 atom stereocenters. The molecule has 13 heavy (non-hydrogen) atoms. The Kier molecular flexibility index (Phi) is 3.97. The highest BCUT2D eigenvalue weighted by Crippen LogP contribution is 2.04. The average molecular weight is 177 g/mol. The average Bonchev–Trinajstić information content (AvgIpc) is 2.14. The van der Waals surface area contributed by atoms with Crippen molar-refractivity contribution in [3.63, 3.8) is 0 Å². The molecule has 0 bridgehead atoms. The van der Waals surface area contributed by atoms with Crippen molar-refractivity contribution in [2.45, 2.75) is 20.3 Å². The molecule has 0 radical (unpaired) electrons. The number of hydrogen-bond acceptors (Lipinski definition) is 1. The highest BCUT2D eigenvalue weighted by molar-refractivity contribution is 5.22. The van der Waals surface area contributed by atoms with Crippen LogP contribution < -0.4 is 0 Å². The molecule has 0 saturated heterocycles. The van der Waals surface area contributed by atoms with Crippen LogP contribution in [0.4, 0.5) is 0 Å². The van der Waals surface area contributed by atoms with E-state index in [4.69, 9.17) is 0 Å². The Morgan fingerprint density at radius 2 is 2.08 bits per heavy atom. The van der Waals surface area contributed by atoms with Crippen LogP contribution in [0.3, 0.4) is 0 Å². The molecule has 0 aliphatic heterocycles. The molecule has 0 heterocycles. The quantitative estimate of drug-likeness (QED) is 0.683. The van der Waals surface area contributed by atoms with Gasteiger partial charge in [0.15, 0.2) is 0 Å². The highest BCUT2D eigenvalue weighted by Gasteiger charge is 1.96. The standard InChI is InChI=1S/C12H19N/c1-4-13(3)9-8-12-7-5-6-11(2)10-12/h5-7,10H,4,8-9H2,1-3H3. The van der Waals surface area contributed by atoms with E-state index in [0.29, 0.717) is 0 Å². The van der Waals surface area contributed by atoms with E-state index in [1.807, 2.05) is 0 Å². The van der Waals surface area contributed by atoms with E-state index >= 15 is 0 Å². The molecule has 0 aliphatic carbocycles. The first-order valence-corrected chi connectivity index (χ1v) is 4.96. The van der Waals surface area contributed by atoms with Crippen LogP contribution in [-0.4, -0.2) is 25.0 Å². The van der Waals surface area contributed by atoms with Crippen molar-refractivity contribution in [1.29, 1.82) is 0 Å². The molecule has 0 fully saturated rings. The zero-order chi connectivity index (χ0) is 9.68. The van der Waals surface area contributed by atoms with Gasteiger partial charge in [-0.15, -0.1) is 0 Å². The van der Waals surface area contributed by atoms with Gasteiger partial charge in [-0.25, -0.2) is 0 Å². The summed E-state index contributed by atoms with van der Waals surface area (Å²) in [6.45, 7) is 6.62. The molecule has 0 aromatic heterocycles. The second kappa shape index (κ2) is 5.03. The number of aryl methyl sites for hydroxylation is 1. The minimum Gasteiger partial charge on any atom is -0.306 e. The summed E-state index contributed by atoms with van der Waals surface area (Å²) >= 11 is 0. The first-order valence-electron chi connectivity index (χ1n) is 4.96. The van der Waals surface area contributed by atoms with Crippen molar-refractivity contribution < 1.29 is 0 Å².